The fraction of sp³-hybridized carbons (Fsp3) is 0.600. The predicted octanol–water partition coefficient (Wildman–Crippen LogP) is 1.51. The first-order valence-corrected chi connectivity index (χ1v) is 4.83. The highest BCUT2D eigenvalue weighted by Gasteiger charge is 2.20. The van der Waals surface area contributed by atoms with E-state index < -0.39 is 0 Å². The summed E-state index contributed by atoms with van der Waals surface area (Å²) in [5.41, 5.74) is 0.626. The van der Waals surface area contributed by atoms with Crippen molar-refractivity contribution >= 4 is 5.78 Å². The van der Waals surface area contributed by atoms with Crippen LogP contribution < -0.4 is 0 Å². The third-order valence-corrected chi connectivity index (χ3v) is 2.22. The van der Waals surface area contributed by atoms with E-state index in [9.17, 15) is 4.79 Å². The van der Waals surface area contributed by atoms with E-state index in [0.717, 1.165) is 0 Å². The van der Waals surface area contributed by atoms with Gasteiger partial charge in [-0.2, -0.15) is 5.10 Å². The number of ether oxygens (including phenoxy) is 1. The minimum Gasteiger partial charge on any atom is -0.373 e. The Morgan fingerprint density at radius 3 is 2.86 bits per heavy atom. The number of rotatable bonds is 5. The molecule has 0 saturated heterocycles. The van der Waals surface area contributed by atoms with Crippen LogP contribution in [0.5, 0.6) is 0 Å². The van der Waals surface area contributed by atoms with Gasteiger partial charge in [-0.1, -0.05) is 6.92 Å². The molecule has 14 heavy (non-hydrogen) atoms. The van der Waals surface area contributed by atoms with E-state index >= 15 is 0 Å². The van der Waals surface area contributed by atoms with Crippen molar-refractivity contribution in [2.45, 2.75) is 32.9 Å². The molecule has 0 aliphatic rings. The van der Waals surface area contributed by atoms with Gasteiger partial charge in [0, 0.05) is 19.9 Å². The summed E-state index contributed by atoms with van der Waals surface area (Å²) < 4.78 is 6.78. The van der Waals surface area contributed by atoms with Gasteiger partial charge >= 0.3 is 0 Å². The van der Waals surface area contributed by atoms with Gasteiger partial charge in [0.1, 0.15) is 11.8 Å². The quantitative estimate of drug-likeness (QED) is 0.670. The van der Waals surface area contributed by atoms with E-state index in [0.29, 0.717) is 18.7 Å². The lowest BCUT2D eigenvalue weighted by Crippen LogP contribution is -2.24. The molecular weight excluding hydrogens is 180 g/mol. The van der Waals surface area contributed by atoms with Crippen LogP contribution in [-0.2, 0) is 11.3 Å². The molecule has 0 radical (unpaired) electrons. The lowest BCUT2D eigenvalue weighted by molar-refractivity contribution is 0.0585. The second kappa shape index (κ2) is 4.91. The molecule has 1 aromatic rings. The molecule has 0 fully saturated rings. The molecule has 1 unspecified atom stereocenters. The van der Waals surface area contributed by atoms with Gasteiger partial charge in [-0.15, -0.1) is 0 Å². The Hall–Kier alpha value is -1.16. The molecule has 0 aromatic carbocycles. The van der Waals surface area contributed by atoms with E-state index in [1.54, 1.807) is 24.1 Å². The van der Waals surface area contributed by atoms with Crippen LogP contribution in [0.15, 0.2) is 12.3 Å². The van der Waals surface area contributed by atoms with Crippen LogP contribution in [0.25, 0.3) is 0 Å². The highest BCUT2D eigenvalue weighted by Crippen LogP contribution is 2.08. The number of methoxy groups -OCH3 is 1. The Morgan fingerprint density at radius 2 is 2.36 bits per heavy atom. The van der Waals surface area contributed by atoms with Crippen molar-refractivity contribution in [1.82, 2.24) is 9.78 Å². The molecule has 0 aliphatic heterocycles. The van der Waals surface area contributed by atoms with E-state index in [-0.39, 0.29) is 11.9 Å². The van der Waals surface area contributed by atoms with Crippen LogP contribution in [0.3, 0.4) is 0 Å². The first-order valence-electron chi connectivity index (χ1n) is 4.83. The van der Waals surface area contributed by atoms with Crippen molar-refractivity contribution in [2.24, 2.45) is 0 Å². The fourth-order valence-corrected chi connectivity index (χ4v) is 1.42. The molecule has 0 amide bonds. The number of carbonyl (C=O) groups excluding carboxylic acids is 1. The average molecular weight is 196 g/mol. The zero-order valence-electron chi connectivity index (χ0n) is 8.86. The van der Waals surface area contributed by atoms with Gasteiger partial charge in [-0.25, -0.2) is 0 Å². The van der Waals surface area contributed by atoms with Crippen LogP contribution in [-0.4, -0.2) is 28.8 Å². The van der Waals surface area contributed by atoms with Crippen molar-refractivity contribution < 1.29 is 9.53 Å². The minimum absolute atomic E-state index is 0.00866. The van der Waals surface area contributed by atoms with Crippen molar-refractivity contribution in [3.8, 4) is 0 Å². The highest BCUT2D eigenvalue weighted by atomic mass is 16.5. The molecule has 0 N–H and O–H groups in total. The molecular formula is C10H16N2O2. The number of aromatic nitrogens is 2. The molecule has 4 heteroatoms. The normalized spacial score (nSPS) is 12.8. The third-order valence-electron chi connectivity index (χ3n) is 2.22. The third kappa shape index (κ3) is 2.01. The molecule has 1 rings (SSSR count). The van der Waals surface area contributed by atoms with Crippen LogP contribution in [0, 0.1) is 0 Å². The number of ketones is 1. The molecule has 1 aromatic heterocycles. The molecule has 0 saturated carbocycles. The SMILES string of the molecule is CCC(OC)C(=O)c1ccnn1CC. The first-order chi connectivity index (χ1) is 6.74. The van der Waals surface area contributed by atoms with Crippen molar-refractivity contribution in [3.05, 3.63) is 18.0 Å². The largest absolute Gasteiger partial charge is 0.373 e. The van der Waals surface area contributed by atoms with Gasteiger partial charge in [0.2, 0.25) is 5.78 Å². The van der Waals surface area contributed by atoms with Crippen molar-refractivity contribution in [3.63, 3.8) is 0 Å². The summed E-state index contributed by atoms with van der Waals surface area (Å²) in [5.74, 6) is 0.00866. The number of hydrogen-bond acceptors (Lipinski definition) is 3. The lowest BCUT2D eigenvalue weighted by Gasteiger charge is -2.12. The molecule has 0 bridgehead atoms. The Labute approximate surface area is 83.9 Å². The maximum absolute atomic E-state index is 11.9. The second-order valence-electron chi connectivity index (χ2n) is 3.03. The predicted molar refractivity (Wildman–Crippen MR) is 53.3 cm³/mol. The van der Waals surface area contributed by atoms with Crippen molar-refractivity contribution in [2.75, 3.05) is 7.11 Å². The Kier molecular flexibility index (Phi) is 3.83. The van der Waals surface area contributed by atoms with Crippen LogP contribution >= 0.6 is 0 Å². The Balaban J connectivity index is 2.87. The smallest absolute Gasteiger partial charge is 0.209 e. The maximum Gasteiger partial charge on any atom is 0.209 e. The summed E-state index contributed by atoms with van der Waals surface area (Å²) in [4.78, 5) is 11.9. The van der Waals surface area contributed by atoms with E-state index in [4.69, 9.17) is 4.74 Å². The van der Waals surface area contributed by atoms with Gasteiger partial charge < -0.3 is 4.74 Å². The number of hydrogen-bond donors (Lipinski definition) is 0. The summed E-state index contributed by atoms with van der Waals surface area (Å²) in [5, 5.41) is 4.05. The molecule has 0 spiro atoms. The first kappa shape index (κ1) is 10.9. The number of aryl methyl sites for hydroxylation is 1. The monoisotopic (exact) mass is 196 g/mol. The van der Waals surface area contributed by atoms with Crippen LogP contribution in [0.4, 0.5) is 0 Å². The minimum atomic E-state index is -0.350. The number of carbonyl (C=O) groups is 1. The lowest BCUT2D eigenvalue weighted by atomic mass is 10.1. The summed E-state index contributed by atoms with van der Waals surface area (Å²) in [6.07, 6.45) is 1.97. The van der Waals surface area contributed by atoms with Gasteiger partial charge in [0.25, 0.3) is 0 Å². The zero-order chi connectivity index (χ0) is 10.6. The molecule has 1 heterocycles. The molecule has 78 valence electrons. The van der Waals surface area contributed by atoms with Gasteiger partial charge in [0.15, 0.2) is 0 Å². The van der Waals surface area contributed by atoms with Crippen molar-refractivity contribution in [1.29, 1.82) is 0 Å². The maximum atomic E-state index is 11.9. The molecule has 4 nitrogen and oxygen atoms in total. The van der Waals surface area contributed by atoms with Gasteiger partial charge in [0.05, 0.1) is 0 Å². The average Bonchev–Trinajstić information content (AvgIpc) is 2.67. The Morgan fingerprint density at radius 1 is 1.64 bits per heavy atom. The standard InChI is InChI=1S/C10H16N2O2/c1-4-9(14-3)10(13)8-6-7-11-12(8)5-2/h6-7,9H,4-5H2,1-3H3. The topological polar surface area (TPSA) is 44.1 Å². The number of nitrogens with zero attached hydrogens (tertiary/aromatic N) is 2. The summed E-state index contributed by atoms with van der Waals surface area (Å²) in [6.45, 7) is 4.59. The summed E-state index contributed by atoms with van der Waals surface area (Å²) >= 11 is 0. The van der Waals surface area contributed by atoms with E-state index in [2.05, 4.69) is 5.10 Å². The van der Waals surface area contributed by atoms with Crippen LogP contribution in [0.1, 0.15) is 30.8 Å². The summed E-state index contributed by atoms with van der Waals surface area (Å²) in [7, 11) is 1.55. The Bertz CT molecular complexity index is 303. The number of Topliss-reactive ketones (excluding diaryl/α,β-unsaturated/α-hetero) is 1. The van der Waals surface area contributed by atoms with E-state index in [1.807, 2.05) is 13.8 Å². The highest BCUT2D eigenvalue weighted by molar-refractivity contribution is 5.97. The summed E-state index contributed by atoms with van der Waals surface area (Å²) in [6, 6.07) is 1.73. The van der Waals surface area contributed by atoms with Gasteiger partial charge in [-0.3, -0.25) is 9.48 Å². The fourth-order valence-electron chi connectivity index (χ4n) is 1.42. The van der Waals surface area contributed by atoms with E-state index in [1.165, 1.54) is 0 Å². The molecule has 1 atom stereocenters. The van der Waals surface area contributed by atoms with Gasteiger partial charge in [-0.05, 0) is 19.4 Å². The van der Waals surface area contributed by atoms with Crippen LogP contribution in [0.2, 0.25) is 0 Å². The zero-order valence-corrected chi connectivity index (χ0v) is 8.86. The molecule has 0 aliphatic carbocycles. The second-order valence-corrected chi connectivity index (χ2v) is 3.03.